The molecule has 0 radical (unpaired) electrons. The Bertz CT molecular complexity index is 1880. The van der Waals surface area contributed by atoms with Crippen LogP contribution in [0.2, 0.25) is 0 Å². The van der Waals surface area contributed by atoms with E-state index in [1.165, 1.54) is 25.3 Å². The van der Waals surface area contributed by atoms with E-state index in [0.717, 1.165) is 4.90 Å². The molecule has 11 nitrogen and oxygen atoms in total. The summed E-state index contributed by atoms with van der Waals surface area (Å²) in [6.45, 7) is 3.92. The van der Waals surface area contributed by atoms with Crippen LogP contribution in [0.25, 0.3) is 16.6 Å². The van der Waals surface area contributed by atoms with Crippen molar-refractivity contribution in [3.05, 3.63) is 98.6 Å². The van der Waals surface area contributed by atoms with Crippen LogP contribution in [-0.2, 0) is 15.1 Å². The maximum atomic E-state index is 14.6. The smallest absolute Gasteiger partial charge is 0.271 e. The number of rotatable bonds is 4. The number of hydrogen-bond donors (Lipinski definition) is 1. The standard InChI is InChI=1S/C30H25N5O6/c1-15(2)25-23-24(28(38)33(27(23)37)21-14-16(35(39)40)12-13-22(21)41-3)30(32-25)18-9-5-7-11-20(18)34-26(36)17-8-4-6-10-19(17)31-29(30)34/h4-15,23-25,32H,1-3H3/t23-,24+,25-,30+/m0/s1. The topological polar surface area (TPSA) is 137 Å². The van der Waals surface area contributed by atoms with Crippen molar-refractivity contribution in [2.75, 3.05) is 12.0 Å². The predicted octanol–water partition coefficient (Wildman–Crippen LogP) is 3.29. The first kappa shape index (κ1) is 25.1. The van der Waals surface area contributed by atoms with E-state index in [1.807, 2.05) is 38.1 Å². The summed E-state index contributed by atoms with van der Waals surface area (Å²) in [7, 11) is 1.38. The van der Waals surface area contributed by atoms with Crippen LogP contribution < -0.4 is 20.5 Å². The number of benzene rings is 3. The third-order valence-electron chi connectivity index (χ3n) is 8.63. The number of para-hydroxylation sites is 2. The number of non-ortho nitro benzene ring substituents is 1. The molecule has 0 saturated carbocycles. The number of imide groups is 1. The van der Waals surface area contributed by atoms with Crippen LogP contribution in [0.4, 0.5) is 11.4 Å². The van der Waals surface area contributed by atoms with Crippen molar-refractivity contribution >= 4 is 34.1 Å². The van der Waals surface area contributed by atoms with Gasteiger partial charge in [-0.15, -0.1) is 0 Å². The summed E-state index contributed by atoms with van der Waals surface area (Å²) in [4.78, 5) is 59.7. The summed E-state index contributed by atoms with van der Waals surface area (Å²) >= 11 is 0. The Morgan fingerprint density at radius 3 is 2.46 bits per heavy atom. The minimum atomic E-state index is -1.30. The van der Waals surface area contributed by atoms with Crippen molar-refractivity contribution in [1.82, 2.24) is 14.9 Å². The van der Waals surface area contributed by atoms with Crippen LogP contribution in [0.15, 0.2) is 71.5 Å². The highest BCUT2D eigenvalue weighted by atomic mass is 16.6. The lowest BCUT2D eigenvalue weighted by Crippen LogP contribution is -2.51. The summed E-state index contributed by atoms with van der Waals surface area (Å²) in [5.41, 5.74) is -0.0806. The van der Waals surface area contributed by atoms with E-state index in [1.54, 1.807) is 28.8 Å². The lowest BCUT2D eigenvalue weighted by molar-refractivity contribution is -0.384. The molecule has 1 N–H and O–H groups in total. The lowest BCUT2D eigenvalue weighted by Gasteiger charge is -2.32. The van der Waals surface area contributed by atoms with E-state index in [0.29, 0.717) is 28.0 Å². The number of fused-ring (bicyclic) bond motifs is 8. The van der Waals surface area contributed by atoms with Gasteiger partial charge in [0.05, 0.1) is 40.5 Å². The zero-order valence-corrected chi connectivity index (χ0v) is 22.4. The Hall–Kier alpha value is -4.90. The predicted molar refractivity (Wildman–Crippen MR) is 149 cm³/mol. The molecular weight excluding hydrogens is 526 g/mol. The van der Waals surface area contributed by atoms with Crippen molar-refractivity contribution in [2.24, 2.45) is 17.8 Å². The number of carbonyl (C=O) groups is 2. The Morgan fingerprint density at radius 1 is 1.00 bits per heavy atom. The average molecular weight is 552 g/mol. The zero-order valence-electron chi connectivity index (χ0n) is 22.4. The summed E-state index contributed by atoms with van der Waals surface area (Å²) in [5.74, 6) is -2.41. The number of methoxy groups -OCH3 is 1. The molecule has 2 fully saturated rings. The number of nitrogens with one attached hydrogen (secondary N) is 1. The second-order valence-corrected chi connectivity index (χ2v) is 11.0. The van der Waals surface area contributed by atoms with Gasteiger partial charge in [-0.05, 0) is 30.2 Å². The molecule has 4 heterocycles. The summed E-state index contributed by atoms with van der Waals surface area (Å²) in [6.07, 6.45) is 0. The Morgan fingerprint density at radius 2 is 1.73 bits per heavy atom. The van der Waals surface area contributed by atoms with Gasteiger partial charge in [0, 0.05) is 23.7 Å². The molecule has 41 heavy (non-hydrogen) atoms. The molecule has 3 aromatic carbocycles. The Labute approximate surface area is 233 Å². The van der Waals surface area contributed by atoms with E-state index in [-0.39, 0.29) is 28.6 Å². The average Bonchev–Trinajstić information content (AvgIpc) is 3.56. The molecule has 206 valence electrons. The fraction of sp³-hybridized carbons (Fsp3) is 0.267. The van der Waals surface area contributed by atoms with Gasteiger partial charge >= 0.3 is 0 Å². The molecule has 7 rings (SSSR count). The summed E-state index contributed by atoms with van der Waals surface area (Å²) in [5, 5.41) is 15.7. The largest absolute Gasteiger partial charge is 0.495 e. The molecule has 1 spiro atoms. The first-order chi connectivity index (χ1) is 19.7. The fourth-order valence-electron chi connectivity index (χ4n) is 6.93. The normalized spacial score (nSPS) is 24.3. The SMILES string of the molecule is COc1ccc([N+](=O)[O-])cc1N1C(=O)[C@@H]2[C@H](C(C)C)N[C@]3(c4ccccc4-n4c3nc3ccccc3c4=O)[C@H]2C1=O. The van der Waals surface area contributed by atoms with Crippen LogP contribution >= 0.6 is 0 Å². The fourth-order valence-corrected chi connectivity index (χ4v) is 6.93. The van der Waals surface area contributed by atoms with E-state index >= 15 is 0 Å². The quantitative estimate of drug-likeness (QED) is 0.232. The number of hydrogen-bond acceptors (Lipinski definition) is 8. The van der Waals surface area contributed by atoms with Crippen molar-refractivity contribution in [3.8, 4) is 11.4 Å². The highest BCUT2D eigenvalue weighted by molar-refractivity contribution is 6.24. The van der Waals surface area contributed by atoms with E-state index < -0.39 is 40.2 Å². The molecule has 3 aliphatic rings. The first-order valence-corrected chi connectivity index (χ1v) is 13.3. The van der Waals surface area contributed by atoms with Crippen molar-refractivity contribution in [2.45, 2.75) is 25.4 Å². The van der Waals surface area contributed by atoms with E-state index in [9.17, 15) is 24.5 Å². The highest BCUT2D eigenvalue weighted by Gasteiger charge is 2.70. The van der Waals surface area contributed by atoms with Gasteiger partial charge in [0.2, 0.25) is 11.8 Å². The molecular formula is C30H25N5O6. The minimum Gasteiger partial charge on any atom is -0.495 e. The number of anilines is 1. The summed E-state index contributed by atoms with van der Waals surface area (Å²) < 4.78 is 6.98. The van der Waals surface area contributed by atoms with Gasteiger partial charge in [-0.3, -0.25) is 34.4 Å². The third kappa shape index (κ3) is 3.12. The van der Waals surface area contributed by atoms with Gasteiger partial charge in [0.1, 0.15) is 22.8 Å². The number of ether oxygens (including phenoxy) is 1. The minimum absolute atomic E-state index is 0.0129. The second-order valence-electron chi connectivity index (χ2n) is 11.0. The van der Waals surface area contributed by atoms with Crippen LogP contribution in [0.3, 0.4) is 0 Å². The lowest BCUT2D eigenvalue weighted by atomic mass is 9.75. The number of nitro benzene ring substituents is 1. The number of carbonyl (C=O) groups excluding carboxylic acids is 2. The Kier molecular flexibility index (Phi) is 5.23. The van der Waals surface area contributed by atoms with Gasteiger partial charge in [-0.25, -0.2) is 9.88 Å². The third-order valence-corrected chi connectivity index (χ3v) is 8.63. The van der Waals surface area contributed by atoms with Gasteiger partial charge in [0.25, 0.3) is 11.2 Å². The summed E-state index contributed by atoms with van der Waals surface area (Å²) in [6, 6.07) is 17.7. The van der Waals surface area contributed by atoms with Crippen LogP contribution in [0.1, 0.15) is 25.2 Å². The van der Waals surface area contributed by atoms with Gasteiger partial charge in [0.15, 0.2) is 0 Å². The van der Waals surface area contributed by atoms with Crippen LogP contribution in [-0.4, -0.2) is 39.4 Å². The maximum absolute atomic E-state index is 14.6. The van der Waals surface area contributed by atoms with Gasteiger partial charge in [-0.2, -0.15) is 0 Å². The van der Waals surface area contributed by atoms with E-state index in [2.05, 4.69) is 5.32 Å². The monoisotopic (exact) mass is 551 g/mol. The molecule has 3 aliphatic heterocycles. The number of amides is 2. The van der Waals surface area contributed by atoms with Crippen molar-refractivity contribution < 1.29 is 19.2 Å². The van der Waals surface area contributed by atoms with E-state index in [4.69, 9.17) is 9.72 Å². The molecule has 2 amide bonds. The van der Waals surface area contributed by atoms with Crippen molar-refractivity contribution in [1.29, 1.82) is 0 Å². The molecule has 4 aromatic rings. The van der Waals surface area contributed by atoms with Crippen LogP contribution in [0.5, 0.6) is 5.75 Å². The van der Waals surface area contributed by atoms with Gasteiger partial charge < -0.3 is 4.74 Å². The first-order valence-electron chi connectivity index (χ1n) is 13.3. The molecule has 4 atom stereocenters. The molecule has 0 aliphatic carbocycles. The molecule has 0 bridgehead atoms. The molecule has 11 heteroatoms. The van der Waals surface area contributed by atoms with Crippen molar-refractivity contribution in [3.63, 3.8) is 0 Å². The maximum Gasteiger partial charge on any atom is 0.271 e. The number of nitro groups is 1. The zero-order chi connectivity index (χ0) is 28.8. The second kappa shape index (κ2) is 8.55. The highest BCUT2D eigenvalue weighted by Crippen LogP contribution is 2.57. The number of nitrogens with zero attached hydrogens (tertiary/aromatic N) is 4. The Balaban J connectivity index is 1.52. The molecule has 1 aromatic heterocycles. The van der Waals surface area contributed by atoms with Gasteiger partial charge in [-0.1, -0.05) is 44.2 Å². The molecule has 0 unspecified atom stereocenters. The molecule has 2 saturated heterocycles. The number of aromatic nitrogens is 2. The van der Waals surface area contributed by atoms with Crippen LogP contribution in [0, 0.1) is 27.9 Å².